The van der Waals surface area contributed by atoms with Crippen LogP contribution < -0.4 is 10.6 Å². The predicted octanol–water partition coefficient (Wildman–Crippen LogP) is 1.88. The molecule has 0 radical (unpaired) electrons. The van der Waals surface area contributed by atoms with Crippen molar-refractivity contribution < 1.29 is 34.1 Å². The van der Waals surface area contributed by atoms with Crippen molar-refractivity contribution in [3.63, 3.8) is 0 Å². The van der Waals surface area contributed by atoms with Crippen molar-refractivity contribution in [3.05, 3.63) is 59.7 Å². The van der Waals surface area contributed by atoms with Crippen LogP contribution in [-0.4, -0.2) is 66.7 Å². The lowest BCUT2D eigenvalue weighted by molar-refractivity contribution is -0.139. The fraction of sp³-hybridized carbons (Fsp3) is 0.375. The van der Waals surface area contributed by atoms with Gasteiger partial charge < -0.3 is 30.3 Å². The standard InChI is InChI=1S/C24H28N2O7/c1-2-32-13-15(27)12-25-23(30)21(11-22(28)29)26-24(31)33-14-20-18-9-5-3-7-16(18)17-8-4-6-10-19(17)20/h3-10,15,20-21,27H,2,11-14H2,1H3,(H,25,30)(H,26,31)(H,28,29). The van der Waals surface area contributed by atoms with Crippen LogP contribution >= 0.6 is 0 Å². The van der Waals surface area contributed by atoms with E-state index in [4.69, 9.17) is 14.6 Å². The minimum absolute atomic E-state index is 0.0280. The van der Waals surface area contributed by atoms with Crippen LogP contribution in [0.2, 0.25) is 0 Å². The van der Waals surface area contributed by atoms with Gasteiger partial charge >= 0.3 is 12.1 Å². The molecular formula is C24H28N2O7. The van der Waals surface area contributed by atoms with E-state index in [0.717, 1.165) is 22.3 Å². The van der Waals surface area contributed by atoms with Crippen LogP contribution in [0.4, 0.5) is 4.79 Å². The number of carboxylic acids is 1. The Morgan fingerprint density at radius 3 is 2.21 bits per heavy atom. The van der Waals surface area contributed by atoms with Gasteiger partial charge in [-0.25, -0.2) is 4.79 Å². The maximum absolute atomic E-state index is 12.4. The maximum atomic E-state index is 12.4. The van der Waals surface area contributed by atoms with Gasteiger partial charge in [-0.1, -0.05) is 48.5 Å². The molecule has 2 aromatic rings. The number of benzene rings is 2. The van der Waals surface area contributed by atoms with E-state index < -0.39 is 36.5 Å². The molecule has 2 atom stereocenters. The lowest BCUT2D eigenvalue weighted by Gasteiger charge is -2.19. The Labute approximate surface area is 191 Å². The lowest BCUT2D eigenvalue weighted by Crippen LogP contribution is -2.49. The Morgan fingerprint density at radius 2 is 1.64 bits per heavy atom. The zero-order valence-electron chi connectivity index (χ0n) is 18.3. The topological polar surface area (TPSA) is 134 Å². The summed E-state index contributed by atoms with van der Waals surface area (Å²) in [5.74, 6) is -2.16. The highest BCUT2D eigenvalue weighted by Crippen LogP contribution is 2.44. The third-order valence-corrected chi connectivity index (χ3v) is 5.36. The molecule has 0 saturated carbocycles. The summed E-state index contributed by atoms with van der Waals surface area (Å²) in [5.41, 5.74) is 4.23. The Bertz CT molecular complexity index is 949. The number of ether oxygens (including phenoxy) is 2. The van der Waals surface area contributed by atoms with Crippen LogP contribution in [-0.2, 0) is 19.1 Å². The molecule has 0 aromatic heterocycles. The number of carboxylic acid groups (broad SMARTS) is 1. The van der Waals surface area contributed by atoms with E-state index in [1.54, 1.807) is 6.92 Å². The van der Waals surface area contributed by atoms with Gasteiger partial charge in [0.2, 0.25) is 5.91 Å². The van der Waals surface area contributed by atoms with Gasteiger partial charge in [0.25, 0.3) is 0 Å². The molecule has 0 bridgehead atoms. The van der Waals surface area contributed by atoms with E-state index >= 15 is 0 Å². The summed E-state index contributed by atoms with van der Waals surface area (Å²) < 4.78 is 10.5. The lowest BCUT2D eigenvalue weighted by atomic mass is 9.98. The molecule has 2 aromatic carbocycles. The number of carbonyl (C=O) groups excluding carboxylic acids is 2. The third kappa shape index (κ3) is 6.30. The van der Waals surface area contributed by atoms with Gasteiger partial charge in [0.1, 0.15) is 12.6 Å². The molecule has 2 unspecified atom stereocenters. The van der Waals surface area contributed by atoms with Crippen LogP contribution in [0.1, 0.15) is 30.4 Å². The van der Waals surface area contributed by atoms with Crippen molar-refractivity contribution in [2.24, 2.45) is 0 Å². The van der Waals surface area contributed by atoms with Crippen molar-refractivity contribution in [1.82, 2.24) is 10.6 Å². The van der Waals surface area contributed by atoms with Gasteiger partial charge in [0, 0.05) is 19.1 Å². The minimum atomic E-state index is -1.35. The highest BCUT2D eigenvalue weighted by Gasteiger charge is 2.30. The van der Waals surface area contributed by atoms with E-state index in [1.807, 2.05) is 48.5 Å². The third-order valence-electron chi connectivity index (χ3n) is 5.36. The van der Waals surface area contributed by atoms with Crippen molar-refractivity contribution in [2.75, 3.05) is 26.4 Å². The number of hydrogen-bond donors (Lipinski definition) is 4. The quantitative estimate of drug-likeness (QED) is 0.406. The van der Waals surface area contributed by atoms with E-state index in [2.05, 4.69) is 10.6 Å². The van der Waals surface area contributed by atoms with Crippen LogP contribution in [0.3, 0.4) is 0 Å². The molecule has 9 heteroatoms. The van der Waals surface area contributed by atoms with Gasteiger partial charge in [-0.2, -0.15) is 0 Å². The number of rotatable bonds is 11. The summed E-state index contributed by atoms with van der Waals surface area (Å²) in [4.78, 5) is 36.0. The first kappa shape index (κ1) is 24.2. The van der Waals surface area contributed by atoms with Gasteiger partial charge in [-0.3, -0.25) is 9.59 Å². The van der Waals surface area contributed by atoms with Crippen LogP contribution in [0, 0.1) is 0 Å². The number of aliphatic hydroxyl groups is 1. The van der Waals surface area contributed by atoms with Crippen LogP contribution in [0.15, 0.2) is 48.5 Å². The van der Waals surface area contributed by atoms with Crippen LogP contribution in [0.25, 0.3) is 11.1 Å². The second-order valence-corrected chi connectivity index (χ2v) is 7.68. The molecule has 0 spiro atoms. The normalized spacial score (nSPS) is 14.0. The summed E-state index contributed by atoms with van der Waals surface area (Å²) in [6, 6.07) is 14.4. The molecule has 176 valence electrons. The van der Waals surface area contributed by atoms with Crippen molar-refractivity contribution in [2.45, 2.75) is 31.4 Å². The monoisotopic (exact) mass is 456 g/mol. The molecular weight excluding hydrogens is 428 g/mol. The summed E-state index contributed by atoms with van der Waals surface area (Å²) in [6.45, 7) is 2.11. The molecule has 9 nitrogen and oxygen atoms in total. The molecule has 33 heavy (non-hydrogen) atoms. The van der Waals surface area contributed by atoms with Crippen molar-refractivity contribution in [3.8, 4) is 11.1 Å². The fourth-order valence-corrected chi connectivity index (χ4v) is 3.82. The number of alkyl carbamates (subject to hydrolysis) is 1. The number of aliphatic hydroxyl groups excluding tert-OH is 1. The Hall–Kier alpha value is -3.43. The van der Waals surface area contributed by atoms with E-state index in [-0.39, 0.29) is 25.7 Å². The Kier molecular flexibility index (Phi) is 8.39. The second kappa shape index (κ2) is 11.4. The number of hydrogen-bond acceptors (Lipinski definition) is 6. The SMILES string of the molecule is CCOCC(O)CNC(=O)C(CC(=O)O)NC(=O)OCC1c2ccccc2-c2ccccc21. The minimum Gasteiger partial charge on any atom is -0.481 e. The average Bonchev–Trinajstić information content (AvgIpc) is 3.13. The first-order valence-electron chi connectivity index (χ1n) is 10.8. The van der Waals surface area contributed by atoms with E-state index in [1.165, 1.54) is 0 Å². The number of carbonyl (C=O) groups is 3. The second-order valence-electron chi connectivity index (χ2n) is 7.68. The largest absolute Gasteiger partial charge is 0.481 e. The zero-order valence-corrected chi connectivity index (χ0v) is 18.3. The number of nitrogens with one attached hydrogen (secondary N) is 2. The summed E-state index contributed by atoms with van der Waals surface area (Å²) in [6.07, 6.45) is -2.47. The number of fused-ring (bicyclic) bond motifs is 3. The Morgan fingerprint density at radius 1 is 1.03 bits per heavy atom. The van der Waals surface area contributed by atoms with Gasteiger partial charge in [0.15, 0.2) is 0 Å². The molecule has 0 heterocycles. The van der Waals surface area contributed by atoms with E-state index in [0.29, 0.717) is 6.61 Å². The highest BCUT2D eigenvalue weighted by molar-refractivity contribution is 5.89. The zero-order chi connectivity index (χ0) is 23.8. The molecule has 0 aliphatic heterocycles. The summed E-state index contributed by atoms with van der Waals surface area (Å²) in [7, 11) is 0. The number of aliphatic carboxylic acids is 1. The molecule has 3 rings (SSSR count). The molecule has 2 amide bonds. The highest BCUT2D eigenvalue weighted by atomic mass is 16.5. The van der Waals surface area contributed by atoms with Gasteiger partial charge in [-0.05, 0) is 29.2 Å². The smallest absolute Gasteiger partial charge is 0.407 e. The average molecular weight is 456 g/mol. The number of amides is 2. The molecule has 4 N–H and O–H groups in total. The van der Waals surface area contributed by atoms with Crippen molar-refractivity contribution in [1.29, 1.82) is 0 Å². The summed E-state index contributed by atoms with van der Waals surface area (Å²) >= 11 is 0. The predicted molar refractivity (Wildman–Crippen MR) is 120 cm³/mol. The first-order chi connectivity index (χ1) is 15.9. The van der Waals surface area contributed by atoms with Gasteiger partial charge in [-0.15, -0.1) is 0 Å². The molecule has 1 aliphatic carbocycles. The van der Waals surface area contributed by atoms with Gasteiger partial charge in [0.05, 0.1) is 19.1 Å². The molecule has 0 saturated heterocycles. The summed E-state index contributed by atoms with van der Waals surface area (Å²) in [5, 5.41) is 23.6. The van der Waals surface area contributed by atoms with Crippen molar-refractivity contribution >= 4 is 18.0 Å². The molecule has 1 aliphatic rings. The Balaban J connectivity index is 1.59. The fourth-order valence-electron chi connectivity index (χ4n) is 3.82. The van der Waals surface area contributed by atoms with E-state index in [9.17, 15) is 19.5 Å². The maximum Gasteiger partial charge on any atom is 0.407 e. The molecule has 0 fully saturated rings. The van der Waals surface area contributed by atoms with Crippen LogP contribution in [0.5, 0.6) is 0 Å². The first-order valence-corrected chi connectivity index (χ1v) is 10.8.